The molecule has 1 aromatic rings. The minimum absolute atomic E-state index is 0.0819. The summed E-state index contributed by atoms with van der Waals surface area (Å²) in [5, 5.41) is 9.40. The molecule has 1 unspecified atom stereocenters. The molecule has 0 bridgehead atoms. The summed E-state index contributed by atoms with van der Waals surface area (Å²) < 4.78 is 40.2. The molecule has 0 aromatic heterocycles. The molecule has 1 aliphatic heterocycles. The van der Waals surface area contributed by atoms with Crippen LogP contribution >= 0.6 is 0 Å². The number of halogens is 1. The third-order valence-corrected chi connectivity index (χ3v) is 5.98. The number of sulfonamides is 1. The molecule has 0 spiro atoms. The van der Waals surface area contributed by atoms with Crippen molar-refractivity contribution in [2.24, 2.45) is 0 Å². The van der Waals surface area contributed by atoms with Crippen LogP contribution in [-0.2, 0) is 14.8 Å². The van der Waals surface area contributed by atoms with Crippen molar-refractivity contribution in [2.45, 2.75) is 43.5 Å². The first-order chi connectivity index (χ1) is 9.69. The Labute approximate surface area is 123 Å². The van der Waals surface area contributed by atoms with Gasteiger partial charge in [-0.3, -0.25) is 4.79 Å². The number of carboxylic acid groups (broad SMARTS) is 1. The van der Waals surface area contributed by atoms with Crippen molar-refractivity contribution in [3.63, 3.8) is 0 Å². The summed E-state index contributed by atoms with van der Waals surface area (Å²) >= 11 is 0. The molecule has 0 aliphatic carbocycles. The second-order valence-corrected chi connectivity index (χ2v) is 7.38. The Hall–Kier alpha value is -1.47. The summed E-state index contributed by atoms with van der Waals surface area (Å²) in [5.74, 6) is -2.07. The number of hydrogen-bond acceptors (Lipinski definition) is 3. The lowest BCUT2D eigenvalue weighted by Crippen LogP contribution is -2.57. The van der Waals surface area contributed by atoms with Gasteiger partial charge in [0.2, 0.25) is 10.0 Å². The molecule has 1 aliphatic rings. The number of aryl methyl sites for hydroxylation is 1. The molecule has 1 N–H and O–H groups in total. The number of aliphatic carboxylic acids is 1. The third kappa shape index (κ3) is 2.67. The molecule has 0 radical (unpaired) electrons. The van der Waals surface area contributed by atoms with Gasteiger partial charge in [0.05, 0.1) is 0 Å². The van der Waals surface area contributed by atoms with Gasteiger partial charge in [-0.1, -0.05) is 6.07 Å². The summed E-state index contributed by atoms with van der Waals surface area (Å²) in [6.07, 6.45) is 1.41. The maximum absolute atomic E-state index is 13.9. The van der Waals surface area contributed by atoms with E-state index in [1.807, 2.05) is 0 Å². The number of piperidine rings is 1. The Morgan fingerprint density at radius 1 is 1.38 bits per heavy atom. The fourth-order valence-electron chi connectivity index (χ4n) is 2.62. The number of hydrogen-bond donors (Lipinski definition) is 1. The highest BCUT2D eigenvalue weighted by atomic mass is 32.2. The number of rotatable bonds is 3. The number of benzene rings is 1. The third-order valence-electron chi connectivity index (χ3n) is 3.94. The van der Waals surface area contributed by atoms with Crippen molar-refractivity contribution in [3.8, 4) is 0 Å². The molecule has 1 heterocycles. The number of carboxylic acids is 1. The molecule has 0 amide bonds. The predicted molar refractivity (Wildman–Crippen MR) is 74.9 cm³/mol. The first-order valence-corrected chi connectivity index (χ1v) is 8.16. The first-order valence-electron chi connectivity index (χ1n) is 6.72. The van der Waals surface area contributed by atoms with Gasteiger partial charge in [-0.15, -0.1) is 0 Å². The Balaban J connectivity index is 2.56. The fraction of sp³-hybridized carbons (Fsp3) is 0.500. The lowest BCUT2D eigenvalue weighted by Gasteiger charge is -2.40. The average Bonchev–Trinajstić information content (AvgIpc) is 2.41. The van der Waals surface area contributed by atoms with Crippen molar-refractivity contribution >= 4 is 16.0 Å². The second-order valence-electron chi connectivity index (χ2n) is 5.55. The Morgan fingerprint density at radius 2 is 2.05 bits per heavy atom. The monoisotopic (exact) mass is 315 g/mol. The van der Waals surface area contributed by atoms with E-state index in [0.717, 1.165) is 10.4 Å². The maximum Gasteiger partial charge on any atom is 0.324 e. The van der Waals surface area contributed by atoms with Crippen LogP contribution in [0.15, 0.2) is 23.1 Å². The van der Waals surface area contributed by atoms with Crippen LogP contribution in [0, 0.1) is 12.7 Å². The van der Waals surface area contributed by atoms with Crippen LogP contribution in [0.3, 0.4) is 0 Å². The summed E-state index contributed by atoms with van der Waals surface area (Å²) in [5.41, 5.74) is -0.934. The van der Waals surface area contributed by atoms with Gasteiger partial charge in [0, 0.05) is 6.54 Å². The van der Waals surface area contributed by atoms with E-state index >= 15 is 0 Å². The molecule has 5 nitrogen and oxygen atoms in total. The van der Waals surface area contributed by atoms with Gasteiger partial charge >= 0.3 is 5.97 Å². The van der Waals surface area contributed by atoms with Gasteiger partial charge in [0.1, 0.15) is 16.3 Å². The number of nitrogens with zero attached hydrogens (tertiary/aromatic N) is 1. The maximum atomic E-state index is 13.9. The van der Waals surface area contributed by atoms with Crippen molar-refractivity contribution in [1.82, 2.24) is 4.31 Å². The largest absolute Gasteiger partial charge is 0.480 e. The second kappa shape index (κ2) is 5.38. The van der Waals surface area contributed by atoms with Gasteiger partial charge in [-0.2, -0.15) is 4.31 Å². The van der Waals surface area contributed by atoms with Crippen LogP contribution in [0.1, 0.15) is 31.7 Å². The minimum Gasteiger partial charge on any atom is -0.480 e. The van der Waals surface area contributed by atoms with Crippen LogP contribution in [0.2, 0.25) is 0 Å². The van der Waals surface area contributed by atoms with E-state index in [-0.39, 0.29) is 13.0 Å². The van der Waals surface area contributed by atoms with Crippen molar-refractivity contribution in [2.75, 3.05) is 6.54 Å². The molecule has 0 saturated carbocycles. The predicted octanol–water partition coefficient (Wildman–Crippen LogP) is 2.15. The summed E-state index contributed by atoms with van der Waals surface area (Å²) in [6, 6.07) is 3.80. The van der Waals surface area contributed by atoms with Crippen LogP contribution in [-0.4, -0.2) is 35.9 Å². The summed E-state index contributed by atoms with van der Waals surface area (Å²) in [6.45, 7) is 3.11. The topological polar surface area (TPSA) is 74.7 Å². The van der Waals surface area contributed by atoms with Gasteiger partial charge in [0.25, 0.3) is 0 Å². The van der Waals surface area contributed by atoms with Gasteiger partial charge in [-0.05, 0) is 50.8 Å². The molecule has 7 heteroatoms. The van der Waals surface area contributed by atoms with E-state index in [2.05, 4.69) is 0 Å². The van der Waals surface area contributed by atoms with E-state index < -0.39 is 32.2 Å². The van der Waals surface area contributed by atoms with Gasteiger partial charge in [0.15, 0.2) is 0 Å². The molecule has 1 aromatic carbocycles. The zero-order valence-electron chi connectivity index (χ0n) is 12.0. The molecule has 1 saturated heterocycles. The summed E-state index contributed by atoms with van der Waals surface area (Å²) in [4.78, 5) is 11.1. The quantitative estimate of drug-likeness (QED) is 0.927. The molecular weight excluding hydrogens is 297 g/mol. The van der Waals surface area contributed by atoms with Crippen LogP contribution in [0.25, 0.3) is 0 Å². The smallest absolute Gasteiger partial charge is 0.324 e. The highest BCUT2D eigenvalue weighted by Gasteiger charge is 2.48. The zero-order valence-corrected chi connectivity index (χ0v) is 12.8. The Bertz CT molecular complexity index is 674. The Kier molecular flexibility index (Phi) is 4.08. The van der Waals surface area contributed by atoms with Gasteiger partial charge < -0.3 is 5.11 Å². The summed E-state index contributed by atoms with van der Waals surface area (Å²) in [7, 11) is -4.19. The average molecular weight is 315 g/mol. The molecular formula is C14H18FNO4S. The van der Waals surface area contributed by atoms with E-state index in [9.17, 15) is 22.7 Å². The van der Waals surface area contributed by atoms with Crippen LogP contribution in [0.4, 0.5) is 4.39 Å². The normalized spacial score (nSPS) is 24.0. The first kappa shape index (κ1) is 15.9. The van der Waals surface area contributed by atoms with Crippen molar-refractivity contribution in [3.05, 3.63) is 29.6 Å². The van der Waals surface area contributed by atoms with Crippen molar-refractivity contribution < 1.29 is 22.7 Å². The van der Waals surface area contributed by atoms with Gasteiger partial charge in [-0.25, -0.2) is 12.8 Å². The number of carbonyl (C=O) groups is 1. The lowest BCUT2D eigenvalue weighted by atomic mass is 9.91. The zero-order chi connectivity index (χ0) is 15.8. The highest BCUT2D eigenvalue weighted by Crippen LogP contribution is 2.34. The van der Waals surface area contributed by atoms with Crippen molar-refractivity contribution in [1.29, 1.82) is 0 Å². The molecule has 116 valence electrons. The lowest BCUT2D eigenvalue weighted by molar-refractivity contribution is -0.149. The molecule has 1 atom stereocenters. The Morgan fingerprint density at radius 3 is 2.67 bits per heavy atom. The highest BCUT2D eigenvalue weighted by molar-refractivity contribution is 7.89. The molecule has 1 fully saturated rings. The molecule has 21 heavy (non-hydrogen) atoms. The molecule has 2 rings (SSSR count). The van der Waals surface area contributed by atoms with E-state index in [4.69, 9.17) is 0 Å². The van der Waals surface area contributed by atoms with Crippen LogP contribution in [0.5, 0.6) is 0 Å². The van der Waals surface area contributed by atoms with E-state index in [0.29, 0.717) is 18.4 Å². The minimum atomic E-state index is -4.19. The fourth-order valence-corrected chi connectivity index (χ4v) is 4.58. The van der Waals surface area contributed by atoms with Crippen LogP contribution < -0.4 is 0 Å². The van der Waals surface area contributed by atoms with E-state index in [1.165, 1.54) is 19.1 Å². The SMILES string of the molecule is Cc1ccc(F)c(S(=O)(=O)N2CCCCC2(C)C(=O)O)c1. The standard InChI is InChI=1S/C14H18FNO4S/c1-10-5-6-11(15)12(9-10)21(19,20)16-8-4-3-7-14(16,2)13(17)18/h5-6,9H,3-4,7-8H2,1-2H3,(H,17,18). The van der Waals surface area contributed by atoms with E-state index in [1.54, 1.807) is 6.92 Å².